The lowest BCUT2D eigenvalue weighted by molar-refractivity contribution is 0.625. The zero-order valence-electron chi connectivity index (χ0n) is 11.1. The number of hydrogen-bond acceptors (Lipinski definition) is 3. The van der Waals surface area contributed by atoms with Crippen LogP contribution in [-0.4, -0.2) is 19.6 Å². The lowest BCUT2D eigenvalue weighted by atomic mass is 10.1. The fraction of sp³-hybridized carbons (Fsp3) is 0.214. The van der Waals surface area contributed by atoms with Gasteiger partial charge in [0.05, 0.1) is 5.69 Å². The van der Waals surface area contributed by atoms with Gasteiger partial charge in [-0.2, -0.15) is 0 Å². The zero-order chi connectivity index (χ0) is 14.3. The van der Waals surface area contributed by atoms with Gasteiger partial charge in [-0.05, 0) is 31.5 Å². The predicted molar refractivity (Wildman–Crippen MR) is 74.5 cm³/mol. The van der Waals surface area contributed by atoms with Crippen molar-refractivity contribution in [2.45, 2.75) is 20.3 Å². The SMILES string of the molecule is Cc1nc(Cl)c2nnc(Cc3cccc(F)c3)n2c1C. The van der Waals surface area contributed by atoms with E-state index in [0.29, 0.717) is 17.2 Å². The molecule has 2 heterocycles. The molecule has 0 aliphatic carbocycles. The average molecular weight is 291 g/mol. The smallest absolute Gasteiger partial charge is 0.198 e. The zero-order valence-corrected chi connectivity index (χ0v) is 11.8. The van der Waals surface area contributed by atoms with Gasteiger partial charge < -0.3 is 0 Å². The van der Waals surface area contributed by atoms with Gasteiger partial charge in [0.15, 0.2) is 10.8 Å². The molecule has 0 unspecified atom stereocenters. The van der Waals surface area contributed by atoms with Crippen LogP contribution in [0.1, 0.15) is 22.8 Å². The lowest BCUT2D eigenvalue weighted by Crippen LogP contribution is -2.04. The molecule has 0 spiro atoms. The van der Waals surface area contributed by atoms with Crippen LogP contribution in [0.3, 0.4) is 0 Å². The Morgan fingerprint density at radius 3 is 2.80 bits per heavy atom. The molecule has 4 nitrogen and oxygen atoms in total. The number of halogens is 2. The van der Waals surface area contributed by atoms with E-state index >= 15 is 0 Å². The summed E-state index contributed by atoms with van der Waals surface area (Å²) in [6.07, 6.45) is 0.486. The Morgan fingerprint density at radius 1 is 1.25 bits per heavy atom. The van der Waals surface area contributed by atoms with Crippen molar-refractivity contribution >= 4 is 17.2 Å². The average Bonchev–Trinajstić information content (AvgIpc) is 2.80. The molecule has 0 atom stereocenters. The summed E-state index contributed by atoms with van der Waals surface area (Å²) >= 11 is 6.08. The van der Waals surface area contributed by atoms with E-state index in [0.717, 1.165) is 22.8 Å². The summed E-state index contributed by atoms with van der Waals surface area (Å²) in [6.45, 7) is 3.82. The molecule has 0 amide bonds. The maximum absolute atomic E-state index is 13.2. The van der Waals surface area contributed by atoms with Crippen molar-refractivity contribution in [3.05, 3.63) is 58.0 Å². The minimum Gasteiger partial charge on any atom is -0.279 e. The first-order chi connectivity index (χ1) is 9.56. The third kappa shape index (κ3) is 2.14. The largest absolute Gasteiger partial charge is 0.279 e. The Morgan fingerprint density at radius 2 is 2.05 bits per heavy atom. The van der Waals surface area contributed by atoms with Crippen molar-refractivity contribution in [2.24, 2.45) is 0 Å². The highest BCUT2D eigenvalue weighted by molar-refractivity contribution is 6.32. The topological polar surface area (TPSA) is 43.1 Å². The summed E-state index contributed by atoms with van der Waals surface area (Å²) in [5.41, 5.74) is 3.12. The van der Waals surface area contributed by atoms with Gasteiger partial charge >= 0.3 is 0 Å². The van der Waals surface area contributed by atoms with Crippen LogP contribution in [-0.2, 0) is 6.42 Å². The molecule has 0 fully saturated rings. The van der Waals surface area contributed by atoms with Crippen molar-refractivity contribution < 1.29 is 4.39 Å². The standard InChI is InChI=1S/C14H12ClFN4/c1-8-9(2)20-12(18-19-14(20)13(15)17-8)7-10-4-3-5-11(16)6-10/h3-6H,7H2,1-2H3. The third-order valence-corrected chi connectivity index (χ3v) is 3.54. The number of hydrogen-bond donors (Lipinski definition) is 0. The monoisotopic (exact) mass is 290 g/mol. The van der Waals surface area contributed by atoms with Gasteiger partial charge in [-0.15, -0.1) is 10.2 Å². The fourth-order valence-electron chi connectivity index (χ4n) is 2.19. The van der Waals surface area contributed by atoms with Gasteiger partial charge in [0.2, 0.25) is 0 Å². The van der Waals surface area contributed by atoms with Crippen molar-refractivity contribution in [1.29, 1.82) is 0 Å². The Bertz CT molecular complexity index is 797. The van der Waals surface area contributed by atoms with Crippen LogP contribution < -0.4 is 0 Å². The highest BCUT2D eigenvalue weighted by atomic mass is 35.5. The van der Waals surface area contributed by atoms with Crippen LogP contribution in [0.2, 0.25) is 5.15 Å². The van der Waals surface area contributed by atoms with E-state index in [1.165, 1.54) is 12.1 Å². The minimum absolute atomic E-state index is 0.260. The summed E-state index contributed by atoms with van der Waals surface area (Å²) in [7, 11) is 0. The second-order valence-corrected chi connectivity index (χ2v) is 5.01. The number of nitrogens with zero attached hydrogens (tertiary/aromatic N) is 4. The Hall–Kier alpha value is -2.01. The van der Waals surface area contributed by atoms with Crippen LogP contribution in [0.25, 0.3) is 5.65 Å². The van der Waals surface area contributed by atoms with Crippen molar-refractivity contribution in [3.8, 4) is 0 Å². The Kier molecular flexibility index (Phi) is 3.14. The first-order valence-corrected chi connectivity index (χ1v) is 6.55. The molecule has 0 N–H and O–H groups in total. The highest BCUT2D eigenvalue weighted by Gasteiger charge is 2.14. The van der Waals surface area contributed by atoms with E-state index in [9.17, 15) is 4.39 Å². The van der Waals surface area contributed by atoms with E-state index in [1.807, 2.05) is 24.3 Å². The first-order valence-electron chi connectivity index (χ1n) is 6.17. The maximum Gasteiger partial charge on any atom is 0.198 e. The van der Waals surface area contributed by atoms with Crippen LogP contribution in [0.15, 0.2) is 24.3 Å². The number of rotatable bonds is 2. The third-order valence-electron chi connectivity index (χ3n) is 3.29. The van der Waals surface area contributed by atoms with Gasteiger partial charge in [0.25, 0.3) is 0 Å². The summed E-state index contributed by atoms with van der Waals surface area (Å²) in [6, 6.07) is 6.45. The second-order valence-electron chi connectivity index (χ2n) is 4.66. The summed E-state index contributed by atoms with van der Waals surface area (Å²) in [4.78, 5) is 4.22. The summed E-state index contributed by atoms with van der Waals surface area (Å²) in [5.74, 6) is 0.458. The minimum atomic E-state index is -0.260. The molecule has 6 heteroatoms. The molecule has 0 bridgehead atoms. The van der Waals surface area contributed by atoms with E-state index in [1.54, 1.807) is 6.07 Å². The van der Waals surface area contributed by atoms with Crippen molar-refractivity contribution in [1.82, 2.24) is 19.6 Å². The second kappa shape index (κ2) is 4.83. The van der Waals surface area contributed by atoms with Gasteiger partial charge in [-0.3, -0.25) is 4.40 Å². The fourth-order valence-corrected chi connectivity index (χ4v) is 2.44. The van der Waals surface area contributed by atoms with E-state index in [4.69, 9.17) is 11.6 Å². The molecule has 20 heavy (non-hydrogen) atoms. The number of fused-ring (bicyclic) bond motifs is 1. The molecule has 1 aromatic carbocycles. The molecular formula is C14H12ClFN4. The van der Waals surface area contributed by atoms with Crippen molar-refractivity contribution in [2.75, 3.05) is 0 Å². The Balaban J connectivity index is 2.13. The number of aryl methyl sites for hydroxylation is 2. The van der Waals surface area contributed by atoms with Crippen molar-refractivity contribution in [3.63, 3.8) is 0 Å². The lowest BCUT2D eigenvalue weighted by Gasteiger charge is -2.07. The molecule has 102 valence electrons. The molecule has 2 aromatic heterocycles. The van der Waals surface area contributed by atoms with Gasteiger partial charge in [0, 0.05) is 12.1 Å². The molecule has 0 aliphatic heterocycles. The molecule has 0 radical (unpaired) electrons. The quantitative estimate of drug-likeness (QED) is 0.728. The molecule has 3 aromatic rings. The van der Waals surface area contributed by atoms with E-state index in [2.05, 4.69) is 15.2 Å². The van der Waals surface area contributed by atoms with E-state index in [-0.39, 0.29) is 5.82 Å². The maximum atomic E-state index is 13.2. The molecule has 0 saturated heterocycles. The Labute approximate surface area is 120 Å². The summed E-state index contributed by atoms with van der Waals surface area (Å²) in [5, 5.41) is 8.54. The summed E-state index contributed by atoms with van der Waals surface area (Å²) < 4.78 is 15.1. The molecule has 3 rings (SSSR count). The highest BCUT2D eigenvalue weighted by Crippen LogP contribution is 2.19. The normalized spacial score (nSPS) is 11.2. The molecule has 0 saturated carbocycles. The predicted octanol–water partition coefficient (Wildman–Crippen LogP) is 3.12. The van der Waals surface area contributed by atoms with E-state index < -0.39 is 0 Å². The number of benzene rings is 1. The van der Waals surface area contributed by atoms with Gasteiger partial charge in [-0.1, -0.05) is 23.7 Å². The van der Waals surface area contributed by atoms with Gasteiger partial charge in [-0.25, -0.2) is 9.37 Å². The van der Waals surface area contributed by atoms with Crippen LogP contribution in [0.5, 0.6) is 0 Å². The molecule has 0 aliphatic rings. The number of aromatic nitrogens is 4. The van der Waals surface area contributed by atoms with Crippen LogP contribution >= 0.6 is 11.6 Å². The van der Waals surface area contributed by atoms with Crippen LogP contribution in [0, 0.1) is 19.7 Å². The van der Waals surface area contributed by atoms with Crippen LogP contribution in [0.4, 0.5) is 4.39 Å². The van der Waals surface area contributed by atoms with Gasteiger partial charge in [0.1, 0.15) is 11.6 Å². The first kappa shape index (κ1) is 13.0. The molecular weight excluding hydrogens is 279 g/mol.